The number of anilines is 1. The molecule has 0 bridgehead atoms. The van der Waals surface area contributed by atoms with Gasteiger partial charge in [-0.15, -0.1) is 0 Å². The molecule has 8 heteroatoms. The number of hydrogen-bond acceptors (Lipinski definition) is 3. The van der Waals surface area contributed by atoms with Crippen molar-refractivity contribution in [3.63, 3.8) is 0 Å². The smallest absolute Gasteiger partial charge is 0.332 e. The minimum atomic E-state index is -4.58. The topological polar surface area (TPSA) is 62.3 Å². The summed E-state index contributed by atoms with van der Waals surface area (Å²) in [5.41, 5.74) is 1.49. The van der Waals surface area contributed by atoms with E-state index in [0.29, 0.717) is 5.69 Å². The third kappa shape index (κ3) is 4.84. The first-order valence-electron chi connectivity index (χ1n) is 8.17. The first kappa shape index (κ1) is 20.4. The molecule has 27 heavy (non-hydrogen) atoms. The number of nitrogens with one attached hydrogen (secondary N) is 1. The van der Waals surface area contributed by atoms with Crippen molar-refractivity contribution < 1.29 is 22.8 Å². The Bertz CT molecular complexity index is 879. The van der Waals surface area contributed by atoms with Crippen LogP contribution in [0.3, 0.4) is 0 Å². The molecular formula is C19H20F3N3O2. The van der Waals surface area contributed by atoms with E-state index in [1.54, 1.807) is 6.07 Å². The zero-order chi connectivity index (χ0) is 20.4. The van der Waals surface area contributed by atoms with Crippen molar-refractivity contribution in [1.29, 1.82) is 0 Å². The summed E-state index contributed by atoms with van der Waals surface area (Å²) in [6.07, 6.45) is -4.58. The Balaban J connectivity index is 2.09. The minimum Gasteiger partial charge on any atom is -0.332 e. The highest BCUT2D eigenvalue weighted by Gasteiger charge is 2.33. The van der Waals surface area contributed by atoms with Crippen LogP contribution in [0, 0.1) is 20.8 Å². The number of hydrogen-bond donors (Lipinski definition) is 1. The number of aromatic nitrogens is 1. The van der Waals surface area contributed by atoms with E-state index in [0.717, 1.165) is 28.2 Å². The molecule has 1 aromatic heterocycles. The van der Waals surface area contributed by atoms with Crippen molar-refractivity contribution in [2.24, 2.45) is 0 Å². The zero-order valence-corrected chi connectivity index (χ0v) is 15.4. The fourth-order valence-corrected chi connectivity index (χ4v) is 2.51. The van der Waals surface area contributed by atoms with E-state index in [1.165, 1.54) is 14.0 Å². The molecule has 5 nitrogen and oxygen atoms in total. The molecule has 0 saturated carbocycles. The Morgan fingerprint density at radius 3 is 2.37 bits per heavy atom. The van der Waals surface area contributed by atoms with Crippen LogP contribution in [0.1, 0.15) is 32.9 Å². The Hall–Kier alpha value is -2.90. The molecule has 2 rings (SSSR count). The lowest BCUT2D eigenvalue weighted by Crippen LogP contribution is -2.35. The first-order chi connectivity index (χ1) is 12.5. The average molecular weight is 379 g/mol. The number of alkyl halides is 3. The Kier molecular flexibility index (Phi) is 5.88. The van der Waals surface area contributed by atoms with Crippen LogP contribution < -0.4 is 5.32 Å². The zero-order valence-electron chi connectivity index (χ0n) is 15.4. The van der Waals surface area contributed by atoms with Gasteiger partial charge in [0.25, 0.3) is 5.91 Å². The lowest BCUT2D eigenvalue weighted by Gasteiger charge is -2.19. The minimum absolute atomic E-state index is 0.0186. The van der Waals surface area contributed by atoms with Crippen LogP contribution >= 0.6 is 0 Å². The number of nitrogens with zero attached hydrogens (tertiary/aromatic N) is 2. The van der Waals surface area contributed by atoms with Gasteiger partial charge in [-0.25, -0.2) is 4.98 Å². The molecule has 0 fully saturated rings. The van der Waals surface area contributed by atoms with Gasteiger partial charge in [0, 0.05) is 12.7 Å². The van der Waals surface area contributed by atoms with Gasteiger partial charge in [-0.3, -0.25) is 9.59 Å². The van der Waals surface area contributed by atoms with Crippen molar-refractivity contribution >= 4 is 17.5 Å². The van der Waals surface area contributed by atoms with Crippen molar-refractivity contribution in [3.05, 3.63) is 58.4 Å². The predicted molar refractivity (Wildman–Crippen MR) is 95.5 cm³/mol. The van der Waals surface area contributed by atoms with Crippen LogP contribution in [0.5, 0.6) is 0 Å². The summed E-state index contributed by atoms with van der Waals surface area (Å²) < 4.78 is 38.1. The van der Waals surface area contributed by atoms with Gasteiger partial charge in [0.1, 0.15) is 5.69 Å². The third-order valence-electron chi connectivity index (χ3n) is 4.21. The number of carbonyl (C=O) groups is 2. The molecule has 0 atom stereocenters. The van der Waals surface area contributed by atoms with Crippen molar-refractivity contribution in [2.75, 3.05) is 18.9 Å². The van der Waals surface area contributed by atoms with Crippen LogP contribution in [0.4, 0.5) is 18.9 Å². The molecule has 2 aromatic rings. The molecule has 2 amide bonds. The van der Waals surface area contributed by atoms with Gasteiger partial charge in [0.2, 0.25) is 5.91 Å². The van der Waals surface area contributed by atoms with E-state index in [9.17, 15) is 22.8 Å². The number of carbonyl (C=O) groups excluding carboxylic acids is 2. The standard InChI is InChI=1S/C19H20F3N3O2/c1-11-6-5-7-15(12(11)2)24-17(26)10-25(4)18(27)14-8-9-16(19(20,21)22)23-13(14)3/h5-9H,10H2,1-4H3,(H,24,26). The lowest BCUT2D eigenvalue weighted by atomic mass is 10.1. The molecule has 1 aromatic carbocycles. The molecule has 144 valence electrons. The van der Waals surface area contributed by atoms with E-state index >= 15 is 0 Å². The second kappa shape index (κ2) is 7.77. The van der Waals surface area contributed by atoms with E-state index in [1.807, 2.05) is 26.0 Å². The molecule has 0 spiro atoms. The molecule has 0 aliphatic carbocycles. The fraction of sp³-hybridized carbons (Fsp3) is 0.316. The number of benzene rings is 1. The van der Waals surface area contributed by atoms with E-state index in [4.69, 9.17) is 0 Å². The van der Waals surface area contributed by atoms with E-state index in [-0.39, 0.29) is 17.8 Å². The summed E-state index contributed by atoms with van der Waals surface area (Å²) in [5.74, 6) is -0.984. The number of aryl methyl sites for hydroxylation is 2. The summed E-state index contributed by atoms with van der Waals surface area (Å²) in [4.78, 5) is 29.3. The highest BCUT2D eigenvalue weighted by atomic mass is 19.4. The average Bonchev–Trinajstić information content (AvgIpc) is 2.57. The normalized spacial score (nSPS) is 11.2. The largest absolute Gasteiger partial charge is 0.433 e. The maximum absolute atomic E-state index is 12.7. The van der Waals surface area contributed by atoms with Crippen LogP contribution in [0.2, 0.25) is 0 Å². The Morgan fingerprint density at radius 1 is 1.11 bits per heavy atom. The summed E-state index contributed by atoms with van der Waals surface area (Å²) >= 11 is 0. The maximum Gasteiger partial charge on any atom is 0.433 e. The number of amides is 2. The second-order valence-corrected chi connectivity index (χ2v) is 6.28. The molecule has 0 radical (unpaired) electrons. The van der Waals surface area contributed by atoms with Gasteiger partial charge in [0.05, 0.1) is 17.8 Å². The molecule has 1 N–H and O–H groups in total. The number of halogens is 3. The lowest BCUT2D eigenvalue weighted by molar-refractivity contribution is -0.141. The van der Waals surface area contributed by atoms with Crippen molar-refractivity contribution in [1.82, 2.24) is 9.88 Å². The fourth-order valence-electron chi connectivity index (χ4n) is 2.51. The van der Waals surface area contributed by atoms with Crippen LogP contribution in [0.15, 0.2) is 30.3 Å². The Labute approximate surface area is 155 Å². The van der Waals surface area contributed by atoms with Gasteiger partial charge >= 0.3 is 6.18 Å². The predicted octanol–water partition coefficient (Wildman–Crippen LogP) is 3.74. The summed E-state index contributed by atoms with van der Waals surface area (Å²) in [6, 6.07) is 7.31. The first-order valence-corrected chi connectivity index (χ1v) is 8.17. The second-order valence-electron chi connectivity index (χ2n) is 6.28. The van der Waals surface area contributed by atoms with Gasteiger partial charge in [0.15, 0.2) is 0 Å². The van der Waals surface area contributed by atoms with E-state index < -0.39 is 23.7 Å². The maximum atomic E-state index is 12.7. The number of pyridine rings is 1. The molecule has 0 saturated heterocycles. The molecule has 0 unspecified atom stereocenters. The van der Waals surface area contributed by atoms with Gasteiger partial charge in [-0.05, 0) is 50.1 Å². The molecule has 0 aliphatic heterocycles. The monoisotopic (exact) mass is 379 g/mol. The van der Waals surface area contributed by atoms with Crippen molar-refractivity contribution in [3.8, 4) is 0 Å². The highest BCUT2D eigenvalue weighted by Crippen LogP contribution is 2.28. The van der Waals surface area contributed by atoms with Gasteiger partial charge in [-0.1, -0.05) is 12.1 Å². The van der Waals surface area contributed by atoms with Crippen LogP contribution in [0.25, 0.3) is 0 Å². The van der Waals surface area contributed by atoms with Crippen LogP contribution in [-0.2, 0) is 11.0 Å². The summed E-state index contributed by atoms with van der Waals surface area (Å²) in [6.45, 7) is 4.87. The summed E-state index contributed by atoms with van der Waals surface area (Å²) in [5, 5.41) is 2.73. The number of rotatable bonds is 4. The molecular weight excluding hydrogens is 359 g/mol. The Morgan fingerprint density at radius 2 is 1.78 bits per heavy atom. The van der Waals surface area contributed by atoms with Crippen LogP contribution in [-0.4, -0.2) is 35.3 Å². The third-order valence-corrected chi connectivity index (χ3v) is 4.21. The molecule has 1 heterocycles. The quantitative estimate of drug-likeness (QED) is 0.880. The van der Waals surface area contributed by atoms with Gasteiger partial charge < -0.3 is 10.2 Å². The summed E-state index contributed by atoms with van der Waals surface area (Å²) in [7, 11) is 1.40. The number of likely N-dealkylation sites (N-methyl/N-ethyl adjacent to an activating group) is 1. The van der Waals surface area contributed by atoms with Crippen molar-refractivity contribution in [2.45, 2.75) is 26.9 Å². The van der Waals surface area contributed by atoms with E-state index in [2.05, 4.69) is 10.3 Å². The highest BCUT2D eigenvalue weighted by molar-refractivity contribution is 6.00. The SMILES string of the molecule is Cc1cccc(NC(=O)CN(C)C(=O)c2ccc(C(F)(F)F)nc2C)c1C. The molecule has 0 aliphatic rings. The van der Waals surface area contributed by atoms with Gasteiger partial charge in [-0.2, -0.15) is 13.2 Å².